The van der Waals surface area contributed by atoms with Crippen molar-refractivity contribution in [3.8, 4) is 0 Å². The van der Waals surface area contributed by atoms with Gasteiger partial charge in [0.25, 0.3) is 0 Å². The molecule has 0 aromatic heterocycles. The Morgan fingerprint density at radius 2 is 1.90 bits per heavy atom. The van der Waals surface area contributed by atoms with Crippen molar-refractivity contribution in [1.82, 2.24) is 9.80 Å². The molecule has 0 spiro atoms. The third-order valence-electron chi connectivity index (χ3n) is 3.79. The molecule has 0 amide bonds. The first-order valence-corrected chi connectivity index (χ1v) is 7.66. The molecule has 0 saturated carbocycles. The molecule has 1 aromatic carbocycles. The van der Waals surface area contributed by atoms with Crippen molar-refractivity contribution in [3.05, 3.63) is 30.3 Å². The minimum Gasteiger partial charge on any atom is -0.370 e. The summed E-state index contributed by atoms with van der Waals surface area (Å²) in [5.74, 6) is 1.01. The van der Waals surface area contributed by atoms with Crippen LogP contribution in [-0.2, 0) is 0 Å². The van der Waals surface area contributed by atoms with E-state index in [0.717, 1.165) is 45.0 Å². The molecule has 5 heteroatoms. The molecule has 21 heavy (non-hydrogen) atoms. The lowest BCUT2D eigenvalue weighted by Gasteiger charge is -2.33. The number of nitrogens with two attached hydrogens (primary N) is 1. The maximum Gasteiger partial charge on any atom is 0.193 e. The van der Waals surface area contributed by atoms with E-state index in [1.165, 1.54) is 0 Å². The van der Waals surface area contributed by atoms with Crippen LogP contribution >= 0.6 is 0 Å². The first-order valence-electron chi connectivity index (χ1n) is 7.66. The summed E-state index contributed by atoms with van der Waals surface area (Å²) in [5.41, 5.74) is 6.90. The number of anilines is 1. The Kier molecular flexibility index (Phi) is 6.02. The van der Waals surface area contributed by atoms with E-state index in [2.05, 4.69) is 34.1 Å². The van der Waals surface area contributed by atoms with Gasteiger partial charge in [0.05, 0.1) is 0 Å². The number of nitrogens with one attached hydrogen (secondary N) is 1. The molecule has 0 bridgehead atoms. The SMILES string of the molecule is CC(CN=C(N)Nc1ccccc1)CN1CCN(C)CC1. The van der Waals surface area contributed by atoms with Crippen molar-refractivity contribution in [2.24, 2.45) is 16.6 Å². The number of hydrogen-bond acceptors (Lipinski definition) is 3. The Hall–Kier alpha value is -1.59. The van der Waals surface area contributed by atoms with Crippen LogP contribution in [0.2, 0.25) is 0 Å². The van der Waals surface area contributed by atoms with E-state index in [0.29, 0.717) is 11.9 Å². The maximum absolute atomic E-state index is 5.92. The monoisotopic (exact) mass is 289 g/mol. The summed E-state index contributed by atoms with van der Waals surface area (Å²) in [4.78, 5) is 9.34. The van der Waals surface area contributed by atoms with E-state index >= 15 is 0 Å². The summed E-state index contributed by atoms with van der Waals surface area (Å²) in [6, 6.07) is 9.90. The van der Waals surface area contributed by atoms with Crippen molar-refractivity contribution < 1.29 is 0 Å². The number of para-hydroxylation sites is 1. The average molecular weight is 289 g/mol. The topological polar surface area (TPSA) is 56.9 Å². The Balaban J connectivity index is 1.72. The first kappa shape index (κ1) is 15.8. The number of rotatable bonds is 5. The zero-order chi connectivity index (χ0) is 15.1. The Morgan fingerprint density at radius 1 is 1.24 bits per heavy atom. The largest absolute Gasteiger partial charge is 0.370 e. The van der Waals surface area contributed by atoms with Gasteiger partial charge in [-0.25, -0.2) is 0 Å². The minimum absolute atomic E-state index is 0.492. The van der Waals surface area contributed by atoms with E-state index in [1.807, 2.05) is 30.3 Å². The summed E-state index contributed by atoms with van der Waals surface area (Å²) in [6.45, 7) is 8.72. The van der Waals surface area contributed by atoms with Crippen LogP contribution in [0.5, 0.6) is 0 Å². The molecule has 3 N–H and O–H groups in total. The highest BCUT2D eigenvalue weighted by Crippen LogP contribution is 2.06. The maximum atomic E-state index is 5.92. The molecule has 1 fully saturated rings. The Morgan fingerprint density at radius 3 is 2.57 bits per heavy atom. The highest BCUT2D eigenvalue weighted by atomic mass is 15.2. The minimum atomic E-state index is 0.492. The fraction of sp³-hybridized carbons (Fsp3) is 0.562. The lowest BCUT2D eigenvalue weighted by Crippen LogP contribution is -2.46. The van der Waals surface area contributed by atoms with Crippen LogP contribution in [0.1, 0.15) is 6.92 Å². The van der Waals surface area contributed by atoms with Crippen molar-refractivity contribution in [2.75, 3.05) is 51.6 Å². The zero-order valence-electron chi connectivity index (χ0n) is 13.1. The molecule has 2 rings (SSSR count). The molecule has 1 unspecified atom stereocenters. The zero-order valence-corrected chi connectivity index (χ0v) is 13.1. The van der Waals surface area contributed by atoms with Crippen LogP contribution < -0.4 is 11.1 Å². The molecule has 1 heterocycles. The van der Waals surface area contributed by atoms with Crippen molar-refractivity contribution >= 4 is 11.6 Å². The van der Waals surface area contributed by atoms with Gasteiger partial charge < -0.3 is 20.9 Å². The van der Waals surface area contributed by atoms with Gasteiger partial charge in [0.1, 0.15) is 0 Å². The van der Waals surface area contributed by atoms with Crippen LogP contribution in [-0.4, -0.2) is 62.1 Å². The van der Waals surface area contributed by atoms with Crippen LogP contribution in [0.4, 0.5) is 5.69 Å². The molecule has 1 atom stereocenters. The van der Waals surface area contributed by atoms with Gasteiger partial charge in [0.15, 0.2) is 5.96 Å². The third kappa shape index (κ3) is 5.73. The molecular formula is C16H27N5. The smallest absolute Gasteiger partial charge is 0.193 e. The van der Waals surface area contributed by atoms with Gasteiger partial charge in [-0.3, -0.25) is 4.99 Å². The van der Waals surface area contributed by atoms with E-state index in [4.69, 9.17) is 5.73 Å². The van der Waals surface area contributed by atoms with Gasteiger partial charge in [-0.05, 0) is 25.1 Å². The first-order chi connectivity index (χ1) is 10.1. The summed E-state index contributed by atoms with van der Waals surface area (Å²) in [7, 11) is 2.18. The number of hydrogen-bond donors (Lipinski definition) is 2. The van der Waals surface area contributed by atoms with Gasteiger partial charge in [-0.2, -0.15) is 0 Å². The summed E-state index contributed by atoms with van der Waals surface area (Å²) in [6.07, 6.45) is 0. The van der Waals surface area contributed by atoms with Crippen molar-refractivity contribution in [1.29, 1.82) is 0 Å². The van der Waals surface area contributed by atoms with Crippen LogP contribution in [0.3, 0.4) is 0 Å². The fourth-order valence-electron chi connectivity index (χ4n) is 2.49. The highest BCUT2D eigenvalue weighted by Gasteiger charge is 2.15. The lowest BCUT2D eigenvalue weighted by atomic mass is 10.1. The van der Waals surface area contributed by atoms with E-state index in [9.17, 15) is 0 Å². The van der Waals surface area contributed by atoms with Crippen LogP contribution in [0.25, 0.3) is 0 Å². The molecule has 116 valence electrons. The van der Waals surface area contributed by atoms with E-state index in [1.54, 1.807) is 0 Å². The summed E-state index contributed by atoms with van der Waals surface area (Å²) < 4.78 is 0. The van der Waals surface area contributed by atoms with Crippen LogP contribution in [0, 0.1) is 5.92 Å². The predicted molar refractivity (Wildman–Crippen MR) is 89.7 cm³/mol. The summed E-state index contributed by atoms with van der Waals surface area (Å²) >= 11 is 0. The van der Waals surface area contributed by atoms with Gasteiger partial charge in [0, 0.05) is 45.0 Å². The molecule has 1 saturated heterocycles. The van der Waals surface area contributed by atoms with Crippen LogP contribution in [0.15, 0.2) is 35.3 Å². The Labute approximate surface area is 127 Å². The van der Waals surface area contributed by atoms with E-state index < -0.39 is 0 Å². The molecule has 1 aliphatic heterocycles. The Bertz CT molecular complexity index is 437. The van der Waals surface area contributed by atoms with Gasteiger partial charge in [0.2, 0.25) is 0 Å². The quantitative estimate of drug-likeness (QED) is 0.634. The highest BCUT2D eigenvalue weighted by molar-refractivity contribution is 5.92. The standard InChI is InChI=1S/C16H27N5/c1-14(13-21-10-8-20(2)9-11-21)12-18-16(17)19-15-6-4-3-5-7-15/h3-7,14H,8-13H2,1-2H3,(H3,17,18,19). The number of piperazine rings is 1. The number of aliphatic imine (C=N–C) groups is 1. The van der Waals surface area contributed by atoms with Gasteiger partial charge in [-0.1, -0.05) is 25.1 Å². The third-order valence-corrected chi connectivity index (χ3v) is 3.79. The number of guanidine groups is 1. The van der Waals surface area contributed by atoms with Crippen molar-refractivity contribution in [2.45, 2.75) is 6.92 Å². The number of nitrogens with zero attached hydrogens (tertiary/aromatic N) is 3. The van der Waals surface area contributed by atoms with Crippen molar-refractivity contribution in [3.63, 3.8) is 0 Å². The van der Waals surface area contributed by atoms with Gasteiger partial charge in [-0.15, -0.1) is 0 Å². The lowest BCUT2D eigenvalue weighted by molar-refractivity contribution is 0.140. The molecule has 0 radical (unpaired) electrons. The number of likely N-dealkylation sites (N-methyl/N-ethyl adjacent to an activating group) is 1. The normalized spacial score (nSPS) is 19.4. The average Bonchev–Trinajstić information content (AvgIpc) is 2.49. The molecular weight excluding hydrogens is 262 g/mol. The second-order valence-electron chi connectivity index (χ2n) is 5.93. The van der Waals surface area contributed by atoms with Gasteiger partial charge >= 0.3 is 0 Å². The molecule has 0 aliphatic carbocycles. The molecule has 1 aliphatic rings. The summed E-state index contributed by atoms with van der Waals surface area (Å²) in [5, 5.41) is 3.11. The molecule has 1 aromatic rings. The fourth-order valence-corrected chi connectivity index (χ4v) is 2.49. The second-order valence-corrected chi connectivity index (χ2v) is 5.93. The number of benzene rings is 1. The molecule has 5 nitrogen and oxygen atoms in total. The second kappa shape index (κ2) is 8.00. The van der Waals surface area contributed by atoms with E-state index in [-0.39, 0.29) is 0 Å². The predicted octanol–water partition coefficient (Wildman–Crippen LogP) is 1.30.